The highest BCUT2D eigenvalue weighted by molar-refractivity contribution is 6.33. The number of pyridine rings is 1. The van der Waals surface area contributed by atoms with Crippen molar-refractivity contribution in [3.05, 3.63) is 41.6 Å². The number of halogens is 1. The Morgan fingerprint density at radius 2 is 1.86 bits per heavy atom. The zero-order valence-corrected chi connectivity index (χ0v) is 22.6. The number of methoxy groups -OCH3 is 2. The van der Waals surface area contributed by atoms with Gasteiger partial charge in [-0.05, 0) is 56.4 Å². The minimum atomic E-state index is -0.185. The van der Waals surface area contributed by atoms with Gasteiger partial charge >= 0.3 is 0 Å². The Hall–Kier alpha value is -1.90. The van der Waals surface area contributed by atoms with E-state index in [4.69, 9.17) is 25.8 Å². The summed E-state index contributed by atoms with van der Waals surface area (Å²) in [5.74, 6) is 0.873. The van der Waals surface area contributed by atoms with Gasteiger partial charge in [-0.1, -0.05) is 23.7 Å². The summed E-state index contributed by atoms with van der Waals surface area (Å²) in [6.45, 7) is 5.15. The lowest BCUT2D eigenvalue weighted by Crippen LogP contribution is -2.44. The summed E-state index contributed by atoms with van der Waals surface area (Å²) in [5, 5.41) is 11.5. The van der Waals surface area contributed by atoms with Crippen molar-refractivity contribution < 1.29 is 14.2 Å². The van der Waals surface area contributed by atoms with Crippen molar-refractivity contribution in [3.8, 4) is 11.1 Å². The van der Waals surface area contributed by atoms with Crippen LogP contribution in [0.3, 0.4) is 0 Å². The van der Waals surface area contributed by atoms with Gasteiger partial charge in [-0.25, -0.2) is 4.98 Å². The molecule has 0 amide bonds. The van der Waals surface area contributed by atoms with Gasteiger partial charge in [-0.15, -0.1) is 0 Å². The topological polar surface area (TPSA) is 76.7 Å². The number of aromatic nitrogens is 1. The molecular formula is C28H41ClN4O3. The third-order valence-corrected chi connectivity index (χ3v) is 7.80. The smallest absolute Gasteiger partial charge is 0.126 e. The summed E-state index contributed by atoms with van der Waals surface area (Å²) in [6.07, 6.45) is 8.06. The summed E-state index contributed by atoms with van der Waals surface area (Å²) in [5.41, 5.74) is 2.91. The van der Waals surface area contributed by atoms with Crippen molar-refractivity contribution in [1.82, 2.24) is 10.3 Å². The van der Waals surface area contributed by atoms with Crippen LogP contribution in [-0.2, 0) is 14.2 Å². The van der Waals surface area contributed by atoms with E-state index in [1.807, 2.05) is 0 Å². The number of hydrogen-bond donors (Lipinski definition) is 3. The van der Waals surface area contributed by atoms with Crippen LogP contribution in [0.4, 0.5) is 11.5 Å². The number of anilines is 2. The van der Waals surface area contributed by atoms with Gasteiger partial charge in [0.15, 0.2) is 0 Å². The lowest BCUT2D eigenvalue weighted by Gasteiger charge is -2.36. The average molecular weight is 517 g/mol. The van der Waals surface area contributed by atoms with E-state index in [9.17, 15) is 0 Å². The van der Waals surface area contributed by atoms with E-state index in [2.05, 4.69) is 58.2 Å². The third kappa shape index (κ3) is 7.33. The van der Waals surface area contributed by atoms with E-state index >= 15 is 0 Å². The molecule has 2 heterocycles. The number of rotatable bonds is 11. The first-order valence-electron chi connectivity index (χ1n) is 13.1. The monoisotopic (exact) mass is 516 g/mol. The zero-order valence-electron chi connectivity index (χ0n) is 21.8. The van der Waals surface area contributed by atoms with Crippen LogP contribution in [0.15, 0.2) is 36.5 Å². The molecule has 1 atom stereocenters. The predicted molar refractivity (Wildman–Crippen MR) is 147 cm³/mol. The molecule has 1 aromatic carbocycles. The largest absolute Gasteiger partial charge is 0.383 e. The SMILES string of the molecule is COC[C@@H](C)N[C@H]1CC[C@H](Nc2cc(-c3cccc(NCC4(OC)CCOCC4)c3)c(Cl)cn2)CC1. The summed E-state index contributed by atoms with van der Waals surface area (Å²) in [6, 6.07) is 11.8. The van der Waals surface area contributed by atoms with Crippen LogP contribution in [0.5, 0.6) is 0 Å². The third-order valence-electron chi connectivity index (χ3n) is 7.50. The maximum atomic E-state index is 6.60. The van der Waals surface area contributed by atoms with Crippen LogP contribution in [0, 0.1) is 0 Å². The second-order valence-corrected chi connectivity index (χ2v) is 10.6. The summed E-state index contributed by atoms with van der Waals surface area (Å²) < 4.78 is 16.6. The predicted octanol–water partition coefficient (Wildman–Crippen LogP) is 5.36. The highest BCUT2D eigenvalue weighted by atomic mass is 35.5. The maximum Gasteiger partial charge on any atom is 0.126 e. The number of nitrogens with zero attached hydrogens (tertiary/aromatic N) is 1. The van der Waals surface area contributed by atoms with Crippen LogP contribution in [0.1, 0.15) is 45.4 Å². The lowest BCUT2D eigenvalue weighted by atomic mass is 9.90. The standard InChI is InChI=1S/C28H41ClN4O3/c1-20(18-34-2)32-22-7-9-23(10-8-22)33-27-16-25(26(29)17-30-27)21-5-4-6-24(15-21)31-19-28(35-3)11-13-36-14-12-28/h4-6,15-17,20,22-23,31-32H,7-14,18-19H2,1-3H3,(H,30,33)/t20-,22-,23-/m1/s1. The fourth-order valence-electron chi connectivity index (χ4n) is 5.31. The van der Waals surface area contributed by atoms with Gasteiger partial charge < -0.3 is 30.2 Å². The Morgan fingerprint density at radius 1 is 1.11 bits per heavy atom. The fourth-order valence-corrected chi connectivity index (χ4v) is 5.52. The van der Waals surface area contributed by atoms with Gasteiger partial charge in [0.1, 0.15) is 5.82 Å². The maximum absolute atomic E-state index is 6.60. The number of ether oxygens (including phenoxy) is 3. The minimum absolute atomic E-state index is 0.185. The highest BCUT2D eigenvalue weighted by Gasteiger charge is 2.32. The molecule has 2 aliphatic rings. The fraction of sp³-hybridized carbons (Fsp3) is 0.607. The molecule has 0 bridgehead atoms. The highest BCUT2D eigenvalue weighted by Crippen LogP contribution is 2.32. The normalized spacial score (nSPS) is 22.7. The first kappa shape index (κ1) is 27.1. The Kier molecular flexibility index (Phi) is 9.85. The molecule has 2 fully saturated rings. The van der Waals surface area contributed by atoms with Gasteiger partial charge in [0.25, 0.3) is 0 Å². The molecule has 3 N–H and O–H groups in total. The van der Waals surface area contributed by atoms with E-state index in [-0.39, 0.29) is 5.60 Å². The molecule has 2 aromatic rings. The van der Waals surface area contributed by atoms with E-state index in [1.165, 1.54) is 0 Å². The molecule has 1 aliphatic heterocycles. The second-order valence-electron chi connectivity index (χ2n) is 10.2. The van der Waals surface area contributed by atoms with Crippen molar-refractivity contribution in [3.63, 3.8) is 0 Å². The van der Waals surface area contributed by atoms with Crippen LogP contribution < -0.4 is 16.0 Å². The number of benzene rings is 1. The van der Waals surface area contributed by atoms with E-state index in [0.717, 1.165) is 87.5 Å². The molecular weight excluding hydrogens is 476 g/mol. The Bertz CT molecular complexity index is 962. The lowest BCUT2D eigenvalue weighted by molar-refractivity contribution is -0.0807. The number of hydrogen-bond acceptors (Lipinski definition) is 7. The molecule has 8 heteroatoms. The Labute approximate surface area is 220 Å². The summed E-state index contributed by atoms with van der Waals surface area (Å²) in [7, 11) is 3.54. The molecule has 7 nitrogen and oxygen atoms in total. The van der Waals surface area contributed by atoms with E-state index in [0.29, 0.717) is 23.1 Å². The molecule has 1 aliphatic carbocycles. The van der Waals surface area contributed by atoms with E-state index in [1.54, 1.807) is 20.4 Å². The van der Waals surface area contributed by atoms with Crippen molar-refractivity contribution in [2.45, 2.75) is 69.2 Å². The van der Waals surface area contributed by atoms with Gasteiger partial charge in [-0.2, -0.15) is 0 Å². The summed E-state index contributed by atoms with van der Waals surface area (Å²) in [4.78, 5) is 4.57. The molecule has 1 saturated heterocycles. The molecule has 36 heavy (non-hydrogen) atoms. The van der Waals surface area contributed by atoms with E-state index < -0.39 is 0 Å². The quantitative estimate of drug-likeness (QED) is 0.371. The van der Waals surface area contributed by atoms with Gasteiger partial charge in [-0.3, -0.25) is 0 Å². The molecule has 0 spiro atoms. The molecule has 0 unspecified atom stereocenters. The second kappa shape index (κ2) is 13.1. The van der Waals surface area contributed by atoms with Gasteiger partial charge in [0.2, 0.25) is 0 Å². The van der Waals surface area contributed by atoms with Gasteiger partial charge in [0.05, 0.1) is 17.2 Å². The van der Waals surface area contributed by atoms with Crippen molar-refractivity contribution >= 4 is 23.1 Å². The van der Waals surface area contributed by atoms with Crippen LogP contribution >= 0.6 is 11.6 Å². The Morgan fingerprint density at radius 3 is 2.58 bits per heavy atom. The first-order chi connectivity index (χ1) is 17.5. The molecule has 0 radical (unpaired) electrons. The van der Waals surface area contributed by atoms with Crippen molar-refractivity contribution in [1.29, 1.82) is 0 Å². The minimum Gasteiger partial charge on any atom is -0.383 e. The molecule has 1 saturated carbocycles. The van der Waals surface area contributed by atoms with Crippen LogP contribution in [0.2, 0.25) is 5.02 Å². The van der Waals surface area contributed by atoms with Crippen LogP contribution in [0.25, 0.3) is 11.1 Å². The van der Waals surface area contributed by atoms with Crippen molar-refractivity contribution in [2.24, 2.45) is 0 Å². The summed E-state index contributed by atoms with van der Waals surface area (Å²) >= 11 is 6.60. The zero-order chi connectivity index (χ0) is 25.4. The molecule has 4 rings (SSSR count). The molecule has 1 aromatic heterocycles. The van der Waals surface area contributed by atoms with Crippen molar-refractivity contribution in [2.75, 3.05) is 51.2 Å². The number of nitrogens with one attached hydrogen (secondary N) is 3. The van der Waals surface area contributed by atoms with Gasteiger partial charge in [0, 0.05) is 82.4 Å². The molecule has 198 valence electrons. The van der Waals surface area contributed by atoms with Crippen LogP contribution in [-0.4, -0.2) is 69.3 Å². The average Bonchev–Trinajstić information content (AvgIpc) is 2.90. The Balaban J connectivity index is 1.37. The first-order valence-corrected chi connectivity index (χ1v) is 13.5.